The van der Waals surface area contributed by atoms with Gasteiger partial charge in [0.25, 0.3) is 0 Å². The molecule has 82 valence electrons. The van der Waals surface area contributed by atoms with Crippen LogP contribution < -0.4 is 0 Å². The van der Waals surface area contributed by atoms with Crippen LogP contribution in [-0.2, 0) is 9.53 Å². The summed E-state index contributed by atoms with van der Waals surface area (Å²) in [7, 11) is 1.85. The van der Waals surface area contributed by atoms with Gasteiger partial charge in [0.2, 0.25) is 5.91 Å². The molecule has 4 heteroatoms. The summed E-state index contributed by atoms with van der Waals surface area (Å²) in [6, 6.07) is 0. The van der Waals surface area contributed by atoms with Crippen LogP contribution in [-0.4, -0.2) is 41.9 Å². The number of nitrogens with zero attached hydrogens (tertiary/aromatic N) is 1. The summed E-state index contributed by atoms with van der Waals surface area (Å²) in [5, 5.41) is 0. The van der Waals surface area contributed by atoms with Gasteiger partial charge in [-0.1, -0.05) is 22.9 Å². The summed E-state index contributed by atoms with van der Waals surface area (Å²) < 4.78 is 5.38. The Hall–Kier alpha value is -0.0900. The van der Waals surface area contributed by atoms with E-state index < -0.39 is 0 Å². The Morgan fingerprint density at radius 1 is 1.71 bits per heavy atom. The first-order valence-corrected chi connectivity index (χ1v) is 5.93. The molecule has 0 saturated carbocycles. The van der Waals surface area contributed by atoms with Gasteiger partial charge in [-0.3, -0.25) is 4.79 Å². The molecule has 1 rings (SSSR count). The van der Waals surface area contributed by atoms with Crippen LogP contribution in [0.2, 0.25) is 0 Å². The molecule has 1 amide bonds. The summed E-state index contributed by atoms with van der Waals surface area (Å²) in [6.45, 7) is 5.39. The highest BCUT2D eigenvalue weighted by Gasteiger charge is 2.30. The van der Waals surface area contributed by atoms with E-state index in [-0.39, 0.29) is 17.9 Å². The molecule has 1 heterocycles. The summed E-state index contributed by atoms with van der Waals surface area (Å²) in [5.41, 5.74) is 0. The molecule has 0 aromatic rings. The minimum Gasteiger partial charge on any atom is -0.378 e. The molecule has 0 radical (unpaired) electrons. The van der Waals surface area contributed by atoms with E-state index in [4.69, 9.17) is 4.74 Å². The molecule has 1 aliphatic rings. The van der Waals surface area contributed by atoms with E-state index in [0.717, 1.165) is 13.0 Å². The molecular formula is C10H18BrNO2. The maximum atomic E-state index is 11.9. The third-order valence-electron chi connectivity index (χ3n) is 2.45. The topological polar surface area (TPSA) is 29.5 Å². The number of carbonyl (C=O) groups excluding carboxylic acids is 1. The average Bonchev–Trinajstić information content (AvgIpc) is 2.49. The maximum absolute atomic E-state index is 11.9. The van der Waals surface area contributed by atoms with Crippen molar-refractivity contribution in [2.45, 2.75) is 31.2 Å². The first-order chi connectivity index (χ1) is 6.50. The fourth-order valence-corrected chi connectivity index (χ4v) is 2.20. The SMILES string of the molecule is CC(Br)CN(C)C(=O)C1COC(C)C1. The molecule has 0 spiro atoms. The van der Waals surface area contributed by atoms with Crippen molar-refractivity contribution in [1.82, 2.24) is 4.90 Å². The number of amides is 1. The van der Waals surface area contributed by atoms with Crippen LogP contribution in [0.3, 0.4) is 0 Å². The number of alkyl halides is 1. The number of hydrogen-bond donors (Lipinski definition) is 0. The summed E-state index contributed by atoms with van der Waals surface area (Å²) in [6.07, 6.45) is 1.10. The van der Waals surface area contributed by atoms with Gasteiger partial charge < -0.3 is 9.64 Å². The average molecular weight is 264 g/mol. The molecule has 0 aromatic carbocycles. The Balaban J connectivity index is 2.40. The normalized spacial score (nSPS) is 28.9. The number of rotatable bonds is 3. The van der Waals surface area contributed by atoms with E-state index >= 15 is 0 Å². The van der Waals surface area contributed by atoms with E-state index in [0.29, 0.717) is 11.4 Å². The zero-order valence-corrected chi connectivity index (χ0v) is 10.6. The lowest BCUT2D eigenvalue weighted by molar-refractivity contribution is -0.134. The predicted molar refractivity (Wildman–Crippen MR) is 59.5 cm³/mol. The first kappa shape index (κ1) is 12.0. The number of carbonyl (C=O) groups is 1. The van der Waals surface area contributed by atoms with Gasteiger partial charge in [-0.25, -0.2) is 0 Å². The van der Waals surface area contributed by atoms with Crippen LogP contribution in [0.5, 0.6) is 0 Å². The molecule has 14 heavy (non-hydrogen) atoms. The number of halogens is 1. The fraction of sp³-hybridized carbons (Fsp3) is 0.900. The van der Waals surface area contributed by atoms with Gasteiger partial charge in [-0.2, -0.15) is 0 Å². The molecular weight excluding hydrogens is 246 g/mol. The van der Waals surface area contributed by atoms with Gasteiger partial charge in [0.1, 0.15) is 0 Å². The first-order valence-electron chi connectivity index (χ1n) is 5.01. The van der Waals surface area contributed by atoms with Crippen molar-refractivity contribution in [3.8, 4) is 0 Å². The summed E-state index contributed by atoms with van der Waals surface area (Å²) in [4.78, 5) is 14.0. The molecule has 1 saturated heterocycles. The van der Waals surface area contributed by atoms with Crippen molar-refractivity contribution in [2.75, 3.05) is 20.2 Å². The largest absolute Gasteiger partial charge is 0.378 e. The Kier molecular flexibility index (Phi) is 4.38. The van der Waals surface area contributed by atoms with Gasteiger partial charge in [-0.05, 0) is 13.3 Å². The van der Waals surface area contributed by atoms with E-state index in [2.05, 4.69) is 15.9 Å². The molecule has 3 nitrogen and oxygen atoms in total. The molecule has 3 unspecified atom stereocenters. The molecule has 1 fully saturated rings. The van der Waals surface area contributed by atoms with Crippen LogP contribution in [0.15, 0.2) is 0 Å². The fourth-order valence-electron chi connectivity index (χ4n) is 1.77. The Morgan fingerprint density at radius 3 is 2.79 bits per heavy atom. The Bertz CT molecular complexity index is 208. The van der Waals surface area contributed by atoms with E-state index in [9.17, 15) is 4.79 Å². The highest BCUT2D eigenvalue weighted by molar-refractivity contribution is 9.09. The lowest BCUT2D eigenvalue weighted by Gasteiger charge is -2.21. The van der Waals surface area contributed by atoms with Gasteiger partial charge in [0, 0.05) is 18.4 Å². The van der Waals surface area contributed by atoms with Gasteiger partial charge in [0.15, 0.2) is 0 Å². The second-order valence-electron chi connectivity index (χ2n) is 4.08. The molecule has 0 bridgehead atoms. The summed E-state index contributed by atoms with van der Waals surface area (Å²) in [5.74, 6) is 0.280. The molecule has 0 aliphatic carbocycles. The van der Waals surface area contributed by atoms with Crippen molar-refractivity contribution < 1.29 is 9.53 Å². The molecule has 3 atom stereocenters. The van der Waals surface area contributed by atoms with Gasteiger partial charge in [-0.15, -0.1) is 0 Å². The zero-order valence-electron chi connectivity index (χ0n) is 9.00. The minimum absolute atomic E-state index is 0.0706. The standard InChI is InChI=1S/C10H18BrNO2/c1-7(11)5-12(3)10(13)9-4-8(2)14-6-9/h7-9H,4-6H2,1-3H3. The van der Waals surface area contributed by atoms with Crippen molar-refractivity contribution in [3.05, 3.63) is 0 Å². The van der Waals surface area contributed by atoms with Crippen LogP contribution in [0.25, 0.3) is 0 Å². The smallest absolute Gasteiger partial charge is 0.227 e. The number of hydrogen-bond acceptors (Lipinski definition) is 2. The van der Waals surface area contributed by atoms with Crippen LogP contribution in [0.1, 0.15) is 20.3 Å². The molecule has 0 aromatic heterocycles. The van der Waals surface area contributed by atoms with Gasteiger partial charge >= 0.3 is 0 Å². The lowest BCUT2D eigenvalue weighted by Crippen LogP contribution is -2.36. The third kappa shape index (κ3) is 3.24. The number of ether oxygens (including phenoxy) is 1. The molecule has 1 aliphatic heterocycles. The van der Waals surface area contributed by atoms with Gasteiger partial charge in [0.05, 0.1) is 18.6 Å². The van der Waals surface area contributed by atoms with Crippen molar-refractivity contribution in [3.63, 3.8) is 0 Å². The zero-order chi connectivity index (χ0) is 10.7. The highest BCUT2D eigenvalue weighted by Crippen LogP contribution is 2.21. The second kappa shape index (κ2) is 5.12. The minimum atomic E-state index is 0.0706. The van der Waals surface area contributed by atoms with Crippen LogP contribution in [0.4, 0.5) is 0 Å². The van der Waals surface area contributed by atoms with Crippen molar-refractivity contribution in [1.29, 1.82) is 0 Å². The highest BCUT2D eigenvalue weighted by atomic mass is 79.9. The van der Waals surface area contributed by atoms with E-state index in [1.807, 2.05) is 20.9 Å². The molecule has 0 N–H and O–H groups in total. The maximum Gasteiger partial charge on any atom is 0.227 e. The predicted octanol–water partition coefficient (Wildman–Crippen LogP) is 1.65. The van der Waals surface area contributed by atoms with Crippen LogP contribution >= 0.6 is 15.9 Å². The Morgan fingerprint density at radius 2 is 2.36 bits per heavy atom. The van der Waals surface area contributed by atoms with Crippen LogP contribution in [0, 0.1) is 5.92 Å². The third-order valence-corrected chi connectivity index (χ3v) is 2.74. The lowest BCUT2D eigenvalue weighted by atomic mass is 10.1. The van der Waals surface area contributed by atoms with E-state index in [1.165, 1.54) is 0 Å². The second-order valence-corrected chi connectivity index (χ2v) is 5.64. The monoisotopic (exact) mass is 263 g/mol. The van der Waals surface area contributed by atoms with E-state index in [1.54, 1.807) is 4.90 Å². The quantitative estimate of drug-likeness (QED) is 0.725. The summed E-state index contributed by atoms with van der Waals surface area (Å²) >= 11 is 3.44. The van der Waals surface area contributed by atoms with Crippen molar-refractivity contribution in [2.24, 2.45) is 5.92 Å². The Labute approximate surface area is 93.9 Å². The van der Waals surface area contributed by atoms with Crippen molar-refractivity contribution >= 4 is 21.8 Å².